The summed E-state index contributed by atoms with van der Waals surface area (Å²) in [7, 11) is 0. The number of fused-ring (bicyclic) bond motifs is 1. The molecule has 1 fully saturated rings. The molecule has 0 radical (unpaired) electrons. The fourth-order valence-electron chi connectivity index (χ4n) is 2.98. The number of benzene rings is 1. The zero-order chi connectivity index (χ0) is 15.0. The number of β-amino-alcohol motifs (C(OH)–C–C–N with tert-alkyl or cyclic N) is 1. The molecule has 0 spiro atoms. The van der Waals surface area contributed by atoms with Crippen LogP contribution in [0.3, 0.4) is 0 Å². The van der Waals surface area contributed by atoms with E-state index in [-0.39, 0.29) is 0 Å². The fraction of sp³-hybridized carbons (Fsp3) is 0.562. The van der Waals surface area contributed by atoms with Crippen LogP contribution < -0.4 is 0 Å². The van der Waals surface area contributed by atoms with Crippen molar-refractivity contribution in [1.82, 2.24) is 9.88 Å². The minimum Gasteiger partial charge on any atom is -0.440 e. The van der Waals surface area contributed by atoms with Crippen LogP contribution in [-0.2, 0) is 0 Å². The molecule has 0 aliphatic carbocycles. The number of likely N-dealkylation sites (tertiary alicyclic amines) is 1. The van der Waals surface area contributed by atoms with Gasteiger partial charge in [-0.1, -0.05) is 11.6 Å². The molecular formula is C16H21ClN2O2. The molecule has 2 heterocycles. The van der Waals surface area contributed by atoms with Crippen LogP contribution in [0.1, 0.15) is 38.5 Å². The van der Waals surface area contributed by atoms with Gasteiger partial charge in [-0.3, -0.25) is 0 Å². The molecule has 1 saturated heterocycles. The molecule has 1 aliphatic rings. The van der Waals surface area contributed by atoms with Crippen LogP contribution in [0.25, 0.3) is 11.1 Å². The maximum absolute atomic E-state index is 9.89. The number of hydrogen-bond donors (Lipinski definition) is 1. The maximum Gasteiger partial charge on any atom is 0.198 e. The molecule has 3 rings (SSSR count). The van der Waals surface area contributed by atoms with Gasteiger partial charge in [-0.05, 0) is 58.0 Å². The second-order valence-electron chi connectivity index (χ2n) is 6.53. The van der Waals surface area contributed by atoms with Crippen molar-refractivity contribution in [2.24, 2.45) is 0 Å². The minimum atomic E-state index is -0.638. The molecule has 5 heteroatoms. The van der Waals surface area contributed by atoms with Gasteiger partial charge in [0.1, 0.15) is 5.52 Å². The molecule has 0 saturated carbocycles. The molecule has 1 N–H and O–H groups in total. The van der Waals surface area contributed by atoms with Gasteiger partial charge in [-0.25, -0.2) is 4.98 Å². The first-order valence-electron chi connectivity index (χ1n) is 7.41. The van der Waals surface area contributed by atoms with Crippen molar-refractivity contribution in [2.45, 2.75) is 38.2 Å². The molecule has 0 bridgehead atoms. The van der Waals surface area contributed by atoms with E-state index >= 15 is 0 Å². The molecule has 1 aromatic heterocycles. The highest BCUT2D eigenvalue weighted by atomic mass is 35.5. The number of rotatable bonds is 3. The van der Waals surface area contributed by atoms with Crippen molar-refractivity contribution in [2.75, 3.05) is 19.6 Å². The highest BCUT2D eigenvalue weighted by Crippen LogP contribution is 2.31. The first-order valence-corrected chi connectivity index (χ1v) is 7.79. The number of hydrogen-bond acceptors (Lipinski definition) is 4. The average Bonchev–Trinajstić information content (AvgIpc) is 2.80. The monoisotopic (exact) mass is 308 g/mol. The minimum absolute atomic E-state index is 0.356. The lowest BCUT2D eigenvalue weighted by molar-refractivity contribution is 0.0273. The predicted molar refractivity (Wildman–Crippen MR) is 83.7 cm³/mol. The van der Waals surface area contributed by atoms with Crippen LogP contribution >= 0.6 is 11.6 Å². The van der Waals surface area contributed by atoms with Gasteiger partial charge >= 0.3 is 0 Å². The third-order valence-corrected chi connectivity index (χ3v) is 4.15. The maximum atomic E-state index is 9.89. The molecule has 0 atom stereocenters. The number of oxazole rings is 1. The first kappa shape index (κ1) is 14.8. The van der Waals surface area contributed by atoms with Crippen molar-refractivity contribution in [3.05, 3.63) is 29.1 Å². The highest BCUT2D eigenvalue weighted by Gasteiger charge is 2.27. The van der Waals surface area contributed by atoms with Gasteiger partial charge in [-0.15, -0.1) is 0 Å². The van der Waals surface area contributed by atoms with E-state index in [1.54, 1.807) is 0 Å². The van der Waals surface area contributed by atoms with Crippen LogP contribution in [0.2, 0.25) is 5.02 Å². The Labute approximate surface area is 129 Å². The van der Waals surface area contributed by atoms with Crippen molar-refractivity contribution < 1.29 is 9.52 Å². The quantitative estimate of drug-likeness (QED) is 0.943. The predicted octanol–water partition coefficient (Wildman–Crippen LogP) is 3.43. The van der Waals surface area contributed by atoms with Gasteiger partial charge < -0.3 is 14.4 Å². The topological polar surface area (TPSA) is 49.5 Å². The number of nitrogens with zero attached hydrogens (tertiary/aromatic N) is 2. The van der Waals surface area contributed by atoms with Crippen LogP contribution in [0.15, 0.2) is 22.6 Å². The first-order chi connectivity index (χ1) is 9.90. The summed E-state index contributed by atoms with van der Waals surface area (Å²) >= 11 is 5.98. The third kappa shape index (κ3) is 3.57. The third-order valence-electron chi connectivity index (χ3n) is 3.91. The van der Waals surface area contributed by atoms with E-state index in [0.29, 0.717) is 17.5 Å². The number of halogens is 1. The van der Waals surface area contributed by atoms with E-state index in [1.807, 2.05) is 32.0 Å². The van der Waals surface area contributed by atoms with E-state index < -0.39 is 5.60 Å². The van der Waals surface area contributed by atoms with Crippen LogP contribution in [0.5, 0.6) is 0 Å². The van der Waals surface area contributed by atoms with Gasteiger partial charge in [0.25, 0.3) is 0 Å². The largest absolute Gasteiger partial charge is 0.440 e. The molecule has 21 heavy (non-hydrogen) atoms. The molecular weight excluding hydrogens is 288 g/mol. The molecule has 4 nitrogen and oxygen atoms in total. The summed E-state index contributed by atoms with van der Waals surface area (Å²) < 4.78 is 5.86. The smallest absolute Gasteiger partial charge is 0.198 e. The summed E-state index contributed by atoms with van der Waals surface area (Å²) in [5.74, 6) is 1.17. The lowest BCUT2D eigenvalue weighted by Gasteiger charge is -2.34. The average molecular weight is 309 g/mol. The number of aliphatic hydroxyl groups is 1. The molecule has 0 amide bonds. The van der Waals surface area contributed by atoms with Crippen LogP contribution in [0.4, 0.5) is 0 Å². The van der Waals surface area contributed by atoms with Gasteiger partial charge in [0.15, 0.2) is 11.5 Å². The summed E-state index contributed by atoms with van der Waals surface area (Å²) in [6.07, 6.45) is 2.02. The zero-order valence-corrected chi connectivity index (χ0v) is 13.2. The van der Waals surface area contributed by atoms with Crippen LogP contribution in [-0.4, -0.2) is 40.2 Å². The summed E-state index contributed by atoms with van der Waals surface area (Å²) in [4.78, 5) is 6.88. The van der Waals surface area contributed by atoms with Gasteiger partial charge in [0.2, 0.25) is 0 Å². The highest BCUT2D eigenvalue weighted by molar-refractivity contribution is 6.31. The Bertz CT molecular complexity index is 625. The van der Waals surface area contributed by atoms with E-state index in [4.69, 9.17) is 16.0 Å². The molecule has 0 unspecified atom stereocenters. The number of aromatic nitrogens is 1. The second kappa shape index (κ2) is 5.59. The summed E-state index contributed by atoms with van der Waals surface area (Å²) in [6.45, 7) is 6.35. The Balaban J connectivity index is 1.68. The van der Waals surface area contributed by atoms with E-state index in [9.17, 15) is 5.11 Å². The van der Waals surface area contributed by atoms with Crippen LogP contribution in [0, 0.1) is 0 Å². The fourth-order valence-corrected chi connectivity index (χ4v) is 3.14. The van der Waals surface area contributed by atoms with Crippen molar-refractivity contribution >= 4 is 22.7 Å². The van der Waals surface area contributed by atoms with E-state index in [1.165, 1.54) is 0 Å². The molecule has 1 aromatic carbocycles. The van der Waals surface area contributed by atoms with Gasteiger partial charge in [0.05, 0.1) is 5.60 Å². The Morgan fingerprint density at radius 1 is 1.38 bits per heavy atom. The molecule has 114 valence electrons. The number of piperidine rings is 1. The van der Waals surface area contributed by atoms with Crippen molar-refractivity contribution in [3.63, 3.8) is 0 Å². The lowest BCUT2D eigenvalue weighted by Crippen LogP contribution is -2.42. The van der Waals surface area contributed by atoms with Crippen molar-refractivity contribution in [1.29, 1.82) is 0 Å². The zero-order valence-electron chi connectivity index (χ0n) is 12.5. The summed E-state index contributed by atoms with van der Waals surface area (Å²) in [6, 6.07) is 5.54. The normalized spacial score (nSPS) is 18.5. The molecule has 2 aromatic rings. The van der Waals surface area contributed by atoms with Crippen molar-refractivity contribution in [3.8, 4) is 0 Å². The van der Waals surface area contributed by atoms with Gasteiger partial charge in [-0.2, -0.15) is 0 Å². The standard InChI is InChI=1S/C16H21ClN2O2/c1-16(2,20)10-19-7-5-11(6-8-19)15-18-13-9-12(17)3-4-14(13)21-15/h3-4,9,11,20H,5-8,10H2,1-2H3. The Kier molecular flexibility index (Phi) is 3.95. The SMILES string of the molecule is CC(C)(O)CN1CCC(c2nc3cc(Cl)ccc3o2)CC1. The summed E-state index contributed by atoms with van der Waals surface area (Å²) in [5.41, 5.74) is 0.992. The Hall–Kier alpha value is -1.10. The Morgan fingerprint density at radius 2 is 2.10 bits per heavy atom. The lowest BCUT2D eigenvalue weighted by atomic mass is 9.95. The van der Waals surface area contributed by atoms with Gasteiger partial charge in [0, 0.05) is 17.5 Å². The molecule has 1 aliphatic heterocycles. The summed E-state index contributed by atoms with van der Waals surface area (Å²) in [5, 5.41) is 10.6. The van der Waals surface area contributed by atoms with E-state index in [2.05, 4.69) is 9.88 Å². The van der Waals surface area contributed by atoms with E-state index in [0.717, 1.165) is 42.9 Å². The second-order valence-corrected chi connectivity index (χ2v) is 6.96. The Morgan fingerprint density at radius 3 is 2.76 bits per heavy atom.